The van der Waals surface area contributed by atoms with Crippen LogP contribution in [-0.2, 0) is 16.4 Å². The van der Waals surface area contributed by atoms with Crippen molar-refractivity contribution >= 4 is 16.1 Å². The third-order valence-electron chi connectivity index (χ3n) is 5.18. The highest BCUT2D eigenvalue weighted by molar-refractivity contribution is 7.88. The van der Waals surface area contributed by atoms with E-state index in [1.54, 1.807) is 43.3 Å². The van der Waals surface area contributed by atoms with Crippen molar-refractivity contribution in [2.45, 2.75) is 24.9 Å². The van der Waals surface area contributed by atoms with Gasteiger partial charge in [-0.1, -0.05) is 30.3 Å². The van der Waals surface area contributed by atoms with E-state index in [0.717, 1.165) is 6.26 Å². The SMILES string of the molecule is CN(C)C(=O)N1CC[C@H](NS(C)(=O)=O)[C@@H]1Cc1cccc(-c2cccc(F)c2)c1F. The Kier molecular flexibility index (Phi) is 6.42. The molecule has 0 unspecified atom stereocenters. The highest BCUT2D eigenvalue weighted by Crippen LogP contribution is 2.29. The molecular weight excluding hydrogens is 412 g/mol. The molecule has 3 rings (SSSR count). The monoisotopic (exact) mass is 437 g/mol. The van der Waals surface area contributed by atoms with Gasteiger partial charge in [0.1, 0.15) is 11.6 Å². The molecule has 0 aromatic heterocycles. The molecule has 1 aliphatic heterocycles. The minimum absolute atomic E-state index is 0.127. The smallest absolute Gasteiger partial charge is 0.319 e. The molecule has 6 nitrogen and oxygen atoms in total. The van der Waals surface area contributed by atoms with Crippen molar-refractivity contribution in [2.24, 2.45) is 0 Å². The summed E-state index contributed by atoms with van der Waals surface area (Å²) in [7, 11) is -0.279. The molecule has 1 aliphatic rings. The highest BCUT2D eigenvalue weighted by atomic mass is 32.2. The summed E-state index contributed by atoms with van der Waals surface area (Å²) >= 11 is 0. The first-order valence-electron chi connectivity index (χ1n) is 9.55. The Morgan fingerprint density at radius 3 is 2.53 bits per heavy atom. The van der Waals surface area contributed by atoms with Gasteiger partial charge in [0, 0.05) is 32.2 Å². The van der Waals surface area contributed by atoms with Crippen LogP contribution in [0.3, 0.4) is 0 Å². The number of carbonyl (C=O) groups excluding carboxylic acids is 1. The third-order valence-corrected chi connectivity index (χ3v) is 5.91. The van der Waals surface area contributed by atoms with Crippen LogP contribution in [-0.4, -0.2) is 63.2 Å². The first-order chi connectivity index (χ1) is 14.1. The minimum atomic E-state index is -3.51. The number of hydrogen-bond acceptors (Lipinski definition) is 3. The number of likely N-dealkylation sites (tertiary alicyclic amines) is 1. The minimum Gasteiger partial charge on any atom is -0.331 e. The largest absolute Gasteiger partial charge is 0.331 e. The van der Waals surface area contributed by atoms with Crippen molar-refractivity contribution in [3.05, 3.63) is 59.7 Å². The molecule has 0 radical (unpaired) electrons. The molecule has 2 atom stereocenters. The summed E-state index contributed by atoms with van der Waals surface area (Å²) < 4.78 is 55.1. The van der Waals surface area contributed by atoms with Crippen LogP contribution in [0, 0.1) is 11.6 Å². The van der Waals surface area contributed by atoms with Gasteiger partial charge < -0.3 is 9.80 Å². The van der Waals surface area contributed by atoms with E-state index in [2.05, 4.69) is 4.72 Å². The second-order valence-electron chi connectivity index (χ2n) is 7.72. The van der Waals surface area contributed by atoms with Crippen molar-refractivity contribution < 1.29 is 22.0 Å². The van der Waals surface area contributed by atoms with Crippen LogP contribution in [0.4, 0.5) is 13.6 Å². The fourth-order valence-electron chi connectivity index (χ4n) is 3.85. The van der Waals surface area contributed by atoms with Crippen molar-refractivity contribution in [3.8, 4) is 11.1 Å². The normalized spacial score (nSPS) is 19.2. The summed E-state index contributed by atoms with van der Waals surface area (Å²) in [5, 5.41) is 0. The predicted molar refractivity (Wildman–Crippen MR) is 111 cm³/mol. The molecule has 0 bridgehead atoms. The molecular formula is C21H25F2N3O3S. The second-order valence-corrected chi connectivity index (χ2v) is 9.50. The summed E-state index contributed by atoms with van der Waals surface area (Å²) in [5.74, 6) is -0.973. The molecule has 162 valence electrons. The predicted octanol–water partition coefficient (Wildman–Crippen LogP) is 2.85. The average molecular weight is 438 g/mol. The Hall–Kier alpha value is -2.52. The van der Waals surface area contributed by atoms with Gasteiger partial charge in [0.15, 0.2) is 0 Å². The zero-order valence-electron chi connectivity index (χ0n) is 17.1. The quantitative estimate of drug-likeness (QED) is 0.782. The van der Waals surface area contributed by atoms with Crippen LogP contribution in [0.25, 0.3) is 11.1 Å². The first-order valence-corrected chi connectivity index (χ1v) is 11.4. The molecule has 30 heavy (non-hydrogen) atoms. The molecule has 1 saturated heterocycles. The van der Waals surface area contributed by atoms with E-state index in [1.807, 2.05) is 0 Å². The van der Waals surface area contributed by atoms with Gasteiger partial charge in [-0.05, 0) is 36.1 Å². The van der Waals surface area contributed by atoms with E-state index in [1.165, 1.54) is 23.1 Å². The molecule has 2 aromatic rings. The molecule has 2 amide bonds. The zero-order valence-corrected chi connectivity index (χ0v) is 17.9. The van der Waals surface area contributed by atoms with Crippen LogP contribution >= 0.6 is 0 Å². The van der Waals surface area contributed by atoms with E-state index in [9.17, 15) is 17.6 Å². The number of amides is 2. The van der Waals surface area contributed by atoms with Crippen LogP contribution in [0.1, 0.15) is 12.0 Å². The van der Waals surface area contributed by atoms with Gasteiger partial charge in [-0.2, -0.15) is 0 Å². The van der Waals surface area contributed by atoms with E-state index < -0.39 is 33.7 Å². The van der Waals surface area contributed by atoms with Gasteiger partial charge in [-0.3, -0.25) is 0 Å². The second kappa shape index (κ2) is 8.69. The molecule has 0 aliphatic carbocycles. The van der Waals surface area contributed by atoms with E-state index in [0.29, 0.717) is 24.1 Å². The Morgan fingerprint density at radius 1 is 1.20 bits per heavy atom. The van der Waals surface area contributed by atoms with E-state index in [4.69, 9.17) is 0 Å². The fraction of sp³-hybridized carbons (Fsp3) is 0.381. The third kappa shape index (κ3) is 4.96. The van der Waals surface area contributed by atoms with Gasteiger partial charge in [-0.25, -0.2) is 26.7 Å². The summed E-state index contributed by atoms with van der Waals surface area (Å²) in [6.45, 7) is 0.361. The zero-order chi connectivity index (χ0) is 22.1. The molecule has 1 fully saturated rings. The molecule has 2 aromatic carbocycles. The number of halogens is 2. The number of nitrogens with one attached hydrogen (secondary N) is 1. The number of nitrogens with zero attached hydrogens (tertiary/aromatic N) is 2. The van der Waals surface area contributed by atoms with Gasteiger partial charge in [-0.15, -0.1) is 0 Å². The van der Waals surface area contributed by atoms with Crippen molar-refractivity contribution in [1.82, 2.24) is 14.5 Å². The van der Waals surface area contributed by atoms with Crippen LogP contribution in [0.2, 0.25) is 0 Å². The standard InChI is InChI=1S/C21H25F2N3O3S/c1-25(2)21(27)26-11-10-18(24-30(3,28)29)19(26)13-15-7-5-9-17(20(15)23)14-6-4-8-16(22)12-14/h4-9,12,18-19,24H,10-11,13H2,1-3H3/t18-,19-/m0/s1. The number of carbonyl (C=O) groups is 1. The molecule has 0 saturated carbocycles. The lowest BCUT2D eigenvalue weighted by Gasteiger charge is -2.31. The molecule has 1 N–H and O–H groups in total. The van der Waals surface area contributed by atoms with E-state index in [-0.39, 0.29) is 18.0 Å². The van der Waals surface area contributed by atoms with Gasteiger partial charge in [0.2, 0.25) is 10.0 Å². The number of benzene rings is 2. The van der Waals surface area contributed by atoms with Crippen molar-refractivity contribution in [1.29, 1.82) is 0 Å². The topological polar surface area (TPSA) is 69.7 Å². The first kappa shape index (κ1) is 22.2. The van der Waals surface area contributed by atoms with Crippen LogP contribution in [0.15, 0.2) is 42.5 Å². The molecule has 1 heterocycles. The summed E-state index contributed by atoms with van der Waals surface area (Å²) in [5.41, 5.74) is 0.997. The maximum absolute atomic E-state index is 15.3. The Morgan fingerprint density at radius 2 is 1.90 bits per heavy atom. The van der Waals surface area contributed by atoms with Crippen molar-refractivity contribution in [2.75, 3.05) is 26.9 Å². The Bertz CT molecular complexity index is 1040. The number of hydrogen-bond donors (Lipinski definition) is 1. The number of urea groups is 1. The van der Waals surface area contributed by atoms with Gasteiger partial charge in [0.25, 0.3) is 0 Å². The van der Waals surface area contributed by atoms with E-state index >= 15 is 4.39 Å². The molecule has 9 heteroatoms. The number of sulfonamides is 1. The van der Waals surface area contributed by atoms with Crippen molar-refractivity contribution in [3.63, 3.8) is 0 Å². The van der Waals surface area contributed by atoms with Crippen LogP contribution in [0.5, 0.6) is 0 Å². The van der Waals surface area contributed by atoms with Gasteiger partial charge in [0.05, 0.1) is 12.3 Å². The van der Waals surface area contributed by atoms with Gasteiger partial charge >= 0.3 is 6.03 Å². The summed E-state index contributed by atoms with van der Waals surface area (Å²) in [6.07, 6.45) is 1.62. The Balaban J connectivity index is 1.96. The number of rotatable bonds is 5. The van der Waals surface area contributed by atoms with Crippen LogP contribution < -0.4 is 4.72 Å². The lowest BCUT2D eigenvalue weighted by molar-refractivity contribution is 0.162. The lowest BCUT2D eigenvalue weighted by Crippen LogP contribution is -2.50. The lowest BCUT2D eigenvalue weighted by atomic mass is 9.96. The molecule has 0 spiro atoms. The fourth-order valence-corrected chi connectivity index (χ4v) is 4.68. The summed E-state index contributed by atoms with van der Waals surface area (Å²) in [4.78, 5) is 15.6. The maximum atomic E-state index is 15.3. The Labute approximate surface area is 175 Å². The maximum Gasteiger partial charge on any atom is 0.319 e. The summed E-state index contributed by atoms with van der Waals surface area (Å²) in [6, 6.07) is 9.18. The average Bonchev–Trinajstić information content (AvgIpc) is 3.03. The highest BCUT2D eigenvalue weighted by Gasteiger charge is 2.39.